The molecule has 0 saturated carbocycles. The molecular weight excluding hydrogens is 196 g/mol. The van der Waals surface area contributed by atoms with Gasteiger partial charge < -0.3 is 0 Å². The summed E-state index contributed by atoms with van der Waals surface area (Å²) in [5, 5.41) is 0. The predicted octanol–water partition coefficient (Wildman–Crippen LogP) is 2.93. The van der Waals surface area contributed by atoms with Crippen LogP contribution in [0.5, 0.6) is 0 Å². The minimum absolute atomic E-state index is 0.667. The lowest BCUT2D eigenvalue weighted by molar-refractivity contribution is -0.702. The first-order valence-electron chi connectivity index (χ1n) is 5.37. The molecule has 1 aromatic carbocycles. The second-order valence-electron chi connectivity index (χ2n) is 4.19. The van der Waals surface area contributed by atoms with Gasteiger partial charge in [-0.1, -0.05) is 30.3 Å². The Bertz CT molecular complexity index is 535. The molecule has 1 aromatic rings. The summed E-state index contributed by atoms with van der Waals surface area (Å²) in [5.74, 6) is 1.09. The Morgan fingerprint density at radius 3 is 2.69 bits per heavy atom. The number of allylic oxidation sites excluding steroid dienone is 2. The number of hydrogen-bond acceptors (Lipinski definition) is 1. The average Bonchev–Trinajstić information content (AvgIpc) is 2.71. The van der Waals surface area contributed by atoms with Crippen molar-refractivity contribution in [1.82, 2.24) is 0 Å². The minimum atomic E-state index is 0.667. The van der Waals surface area contributed by atoms with Gasteiger partial charge in [-0.15, -0.1) is 0 Å². The van der Waals surface area contributed by atoms with Crippen molar-refractivity contribution in [3.8, 4) is 0 Å². The molecule has 0 radical (unpaired) electrons. The number of hydrogen-bond donors (Lipinski definition) is 0. The van der Waals surface area contributed by atoms with Crippen molar-refractivity contribution in [2.45, 2.75) is 0 Å². The van der Waals surface area contributed by atoms with Crippen LogP contribution < -0.4 is 0 Å². The van der Waals surface area contributed by atoms with E-state index in [1.807, 2.05) is 12.3 Å². The van der Waals surface area contributed by atoms with Crippen molar-refractivity contribution in [2.75, 3.05) is 7.05 Å². The van der Waals surface area contributed by atoms with Crippen molar-refractivity contribution < 1.29 is 4.48 Å². The van der Waals surface area contributed by atoms with Gasteiger partial charge in [-0.3, -0.25) is 0 Å². The average molecular weight is 209 g/mol. The second kappa shape index (κ2) is 3.29. The Hall–Kier alpha value is -1.93. The highest BCUT2D eigenvalue weighted by molar-refractivity contribution is 6.21. The molecule has 0 N–H and O–H groups in total. The number of aliphatic imine (C=N–C) groups is 1. The van der Waals surface area contributed by atoms with E-state index in [-0.39, 0.29) is 0 Å². The third-order valence-electron chi connectivity index (χ3n) is 3.01. The van der Waals surface area contributed by atoms with Crippen LogP contribution in [0.25, 0.3) is 5.57 Å². The zero-order valence-corrected chi connectivity index (χ0v) is 9.17. The Labute approximate surface area is 95.1 Å². The van der Waals surface area contributed by atoms with Gasteiger partial charge in [-0.2, -0.15) is 4.99 Å². The third kappa shape index (κ3) is 1.27. The summed E-state index contributed by atoms with van der Waals surface area (Å²) >= 11 is 0. The molecule has 0 amide bonds. The summed E-state index contributed by atoms with van der Waals surface area (Å²) in [5.41, 5.74) is 2.43. The molecule has 2 heterocycles. The van der Waals surface area contributed by atoms with Crippen LogP contribution >= 0.6 is 0 Å². The van der Waals surface area contributed by atoms with Crippen molar-refractivity contribution in [3.63, 3.8) is 0 Å². The molecule has 2 aliphatic heterocycles. The first-order valence-corrected chi connectivity index (χ1v) is 5.37. The van der Waals surface area contributed by atoms with Crippen molar-refractivity contribution >= 4 is 11.4 Å². The first kappa shape index (κ1) is 9.31. The molecule has 3 rings (SSSR count). The molecular formula is C14H13N2+. The molecule has 0 aromatic heterocycles. The fraction of sp³-hybridized carbons (Fsp3) is 0.0714. The fourth-order valence-electron chi connectivity index (χ4n) is 2.12. The number of rotatable bonds is 1. The highest BCUT2D eigenvalue weighted by atomic mass is 15.4. The highest BCUT2D eigenvalue weighted by Crippen LogP contribution is 2.29. The maximum atomic E-state index is 4.48. The maximum Gasteiger partial charge on any atom is 0.244 e. The molecule has 2 heteroatoms. The van der Waals surface area contributed by atoms with Crippen LogP contribution in [0.4, 0.5) is 0 Å². The van der Waals surface area contributed by atoms with Crippen LogP contribution in [-0.2, 0) is 0 Å². The molecule has 0 bridgehead atoms. The Morgan fingerprint density at radius 2 is 1.88 bits per heavy atom. The van der Waals surface area contributed by atoms with Crippen LogP contribution in [0.2, 0.25) is 0 Å². The number of amidine groups is 1. The Morgan fingerprint density at radius 1 is 1.06 bits per heavy atom. The van der Waals surface area contributed by atoms with Crippen LogP contribution in [0.15, 0.2) is 66.1 Å². The Balaban J connectivity index is 2.11. The molecule has 0 aliphatic carbocycles. The quantitative estimate of drug-likeness (QED) is 0.631. The minimum Gasteiger partial charge on any atom is -0.223 e. The standard InChI is InChI=1S/C14H13N2/c1-16-10-5-8-13(14(16)15-9-11-16)12-6-3-2-4-7-12/h2-11H,1H3/q+1. The van der Waals surface area contributed by atoms with Gasteiger partial charge in [0, 0.05) is 0 Å². The third-order valence-corrected chi connectivity index (χ3v) is 3.01. The summed E-state index contributed by atoms with van der Waals surface area (Å²) in [6.07, 6.45) is 10.3. The number of quaternary nitrogens is 1. The summed E-state index contributed by atoms with van der Waals surface area (Å²) in [4.78, 5) is 4.48. The zero-order valence-electron chi connectivity index (χ0n) is 9.17. The van der Waals surface area contributed by atoms with E-state index < -0.39 is 0 Å². The molecule has 2 aliphatic rings. The summed E-state index contributed by atoms with van der Waals surface area (Å²) in [7, 11) is 2.13. The Kier molecular flexibility index (Phi) is 1.91. The van der Waals surface area contributed by atoms with E-state index in [0.29, 0.717) is 4.48 Å². The summed E-state index contributed by atoms with van der Waals surface area (Å²) < 4.78 is 0.667. The molecule has 16 heavy (non-hydrogen) atoms. The van der Waals surface area contributed by atoms with E-state index in [1.165, 1.54) is 11.1 Å². The van der Waals surface area contributed by atoms with E-state index in [2.05, 4.69) is 60.9 Å². The van der Waals surface area contributed by atoms with Gasteiger partial charge >= 0.3 is 0 Å². The molecule has 0 spiro atoms. The van der Waals surface area contributed by atoms with E-state index in [0.717, 1.165) is 5.84 Å². The van der Waals surface area contributed by atoms with Crippen LogP contribution in [0, 0.1) is 0 Å². The second-order valence-corrected chi connectivity index (χ2v) is 4.19. The van der Waals surface area contributed by atoms with Crippen LogP contribution in [0.3, 0.4) is 0 Å². The number of fused-ring (bicyclic) bond motifs is 1. The lowest BCUT2D eigenvalue weighted by Crippen LogP contribution is -2.38. The largest absolute Gasteiger partial charge is 0.244 e. The van der Waals surface area contributed by atoms with Crippen molar-refractivity contribution in [3.05, 3.63) is 66.6 Å². The van der Waals surface area contributed by atoms with Gasteiger partial charge in [0.1, 0.15) is 12.4 Å². The molecule has 2 nitrogen and oxygen atoms in total. The van der Waals surface area contributed by atoms with E-state index >= 15 is 0 Å². The maximum absolute atomic E-state index is 4.48. The molecule has 1 unspecified atom stereocenters. The van der Waals surface area contributed by atoms with Gasteiger partial charge in [0.25, 0.3) is 0 Å². The lowest BCUT2D eigenvalue weighted by Gasteiger charge is -2.26. The first-order chi connectivity index (χ1) is 7.80. The lowest BCUT2D eigenvalue weighted by atomic mass is 10.0. The summed E-state index contributed by atoms with van der Waals surface area (Å²) in [6, 6.07) is 10.4. The number of nitrogens with zero attached hydrogens (tertiary/aromatic N) is 2. The van der Waals surface area contributed by atoms with Gasteiger partial charge in [0.05, 0.1) is 18.8 Å². The van der Waals surface area contributed by atoms with Crippen molar-refractivity contribution in [1.29, 1.82) is 0 Å². The topological polar surface area (TPSA) is 12.4 Å². The van der Waals surface area contributed by atoms with Crippen molar-refractivity contribution in [2.24, 2.45) is 4.99 Å². The predicted molar refractivity (Wildman–Crippen MR) is 66.3 cm³/mol. The SMILES string of the molecule is C[N+]12C=CC=C(c3ccccc3)C1=NC=C2. The van der Waals surface area contributed by atoms with E-state index in [4.69, 9.17) is 0 Å². The van der Waals surface area contributed by atoms with Gasteiger partial charge in [-0.05, 0) is 17.7 Å². The molecule has 0 fully saturated rings. The number of likely N-dealkylation sites (N-methyl/N-ethyl adjacent to an activating group) is 1. The van der Waals surface area contributed by atoms with Gasteiger partial charge in [-0.25, -0.2) is 4.48 Å². The van der Waals surface area contributed by atoms with Gasteiger partial charge in [0.2, 0.25) is 5.84 Å². The smallest absolute Gasteiger partial charge is 0.223 e. The van der Waals surface area contributed by atoms with Crippen LogP contribution in [0.1, 0.15) is 5.56 Å². The highest BCUT2D eigenvalue weighted by Gasteiger charge is 2.33. The van der Waals surface area contributed by atoms with Crippen LogP contribution in [-0.4, -0.2) is 17.4 Å². The normalized spacial score (nSPS) is 26.3. The fourth-order valence-corrected chi connectivity index (χ4v) is 2.12. The van der Waals surface area contributed by atoms with E-state index in [9.17, 15) is 0 Å². The molecule has 78 valence electrons. The monoisotopic (exact) mass is 209 g/mol. The molecule has 0 saturated heterocycles. The molecule has 1 atom stereocenters. The number of benzene rings is 1. The summed E-state index contributed by atoms with van der Waals surface area (Å²) in [6.45, 7) is 0. The zero-order chi connectivity index (χ0) is 11.0. The van der Waals surface area contributed by atoms with Gasteiger partial charge in [0.15, 0.2) is 0 Å². The van der Waals surface area contributed by atoms with E-state index in [1.54, 1.807) is 0 Å².